The Kier molecular flexibility index (Phi) is 15.5. The molecule has 0 aromatic rings. The SMILES string of the molecule is C=CC(=O)OCCOCCOCCOCCCNC(=O)CCC(=O)O. The average molecular weight is 361 g/mol. The molecule has 0 saturated heterocycles. The van der Waals surface area contributed by atoms with Crippen molar-refractivity contribution in [1.29, 1.82) is 0 Å². The third kappa shape index (κ3) is 18.2. The Morgan fingerprint density at radius 3 is 2.00 bits per heavy atom. The van der Waals surface area contributed by atoms with Gasteiger partial charge < -0.3 is 29.4 Å². The molecule has 0 unspecified atom stereocenters. The lowest BCUT2D eigenvalue weighted by Crippen LogP contribution is -2.25. The topological polar surface area (TPSA) is 120 Å². The lowest BCUT2D eigenvalue weighted by Gasteiger charge is -2.07. The molecule has 0 saturated carbocycles. The molecule has 9 heteroatoms. The summed E-state index contributed by atoms with van der Waals surface area (Å²) in [7, 11) is 0. The predicted octanol–water partition coefficient (Wildman–Crippen LogP) is 0.137. The molecule has 0 bridgehead atoms. The summed E-state index contributed by atoms with van der Waals surface area (Å²) in [4.78, 5) is 32.2. The number of carboxylic acids is 1. The summed E-state index contributed by atoms with van der Waals surface area (Å²) in [5, 5.41) is 11.1. The summed E-state index contributed by atoms with van der Waals surface area (Å²) in [6, 6.07) is 0. The first kappa shape index (κ1) is 23.0. The van der Waals surface area contributed by atoms with Crippen LogP contribution in [0.1, 0.15) is 19.3 Å². The highest BCUT2D eigenvalue weighted by molar-refractivity contribution is 5.81. The monoisotopic (exact) mass is 361 g/mol. The van der Waals surface area contributed by atoms with Crippen molar-refractivity contribution >= 4 is 17.8 Å². The van der Waals surface area contributed by atoms with Crippen LogP contribution in [0.4, 0.5) is 0 Å². The van der Waals surface area contributed by atoms with Crippen LogP contribution in [0.25, 0.3) is 0 Å². The van der Waals surface area contributed by atoms with Crippen LogP contribution < -0.4 is 5.32 Å². The van der Waals surface area contributed by atoms with E-state index in [4.69, 9.17) is 24.1 Å². The Balaban J connectivity index is 3.16. The fourth-order valence-electron chi connectivity index (χ4n) is 1.51. The maximum atomic E-state index is 11.2. The van der Waals surface area contributed by atoms with Gasteiger partial charge >= 0.3 is 11.9 Å². The number of esters is 1. The Morgan fingerprint density at radius 1 is 0.880 bits per heavy atom. The molecule has 0 spiro atoms. The molecule has 0 radical (unpaired) electrons. The number of amides is 1. The van der Waals surface area contributed by atoms with Crippen molar-refractivity contribution in [3.05, 3.63) is 12.7 Å². The summed E-state index contributed by atoms with van der Waals surface area (Å²) in [5.74, 6) is -1.73. The second kappa shape index (κ2) is 16.9. The maximum absolute atomic E-state index is 11.2. The highest BCUT2D eigenvalue weighted by Gasteiger charge is 2.04. The number of hydrogen-bond acceptors (Lipinski definition) is 7. The van der Waals surface area contributed by atoms with Gasteiger partial charge in [-0.1, -0.05) is 6.58 Å². The zero-order valence-electron chi connectivity index (χ0n) is 14.4. The molecule has 0 aliphatic heterocycles. The van der Waals surface area contributed by atoms with Gasteiger partial charge in [0.1, 0.15) is 6.61 Å². The van der Waals surface area contributed by atoms with Crippen molar-refractivity contribution in [3.63, 3.8) is 0 Å². The summed E-state index contributed by atoms with van der Waals surface area (Å²) in [5.41, 5.74) is 0. The van der Waals surface area contributed by atoms with Crippen LogP contribution in [0.5, 0.6) is 0 Å². The number of carboxylic acid groups (broad SMARTS) is 1. The molecule has 1 amide bonds. The molecule has 0 rings (SSSR count). The highest BCUT2D eigenvalue weighted by atomic mass is 16.6. The molecular formula is C16H27NO8. The minimum absolute atomic E-state index is 0.0111. The molecule has 0 heterocycles. The standard InChI is InChI=1S/C16H27NO8/c1-2-16(21)25-13-12-24-11-10-23-9-8-22-7-3-6-17-14(18)4-5-15(19)20/h2H,1,3-13H2,(H,17,18)(H,19,20). The third-order valence-corrected chi connectivity index (χ3v) is 2.74. The van der Waals surface area contributed by atoms with Gasteiger partial charge in [0.05, 0.1) is 39.5 Å². The molecule has 0 atom stereocenters. The van der Waals surface area contributed by atoms with Crippen LogP contribution in [0, 0.1) is 0 Å². The van der Waals surface area contributed by atoms with E-state index in [9.17, 15) is 14.4 Å². The van der Waals surface area contributed by atoms with E-state index in [0.29, 0.717) is 52.6 Å². The summed E-state index contributed by atoms with van der Waals surface area (Å²) >= 11 is 0. The first-order chi connectivity index (χ1) is 12.1. The van der Waals surface area contributed by atoms with E-state index < -0.39 is 11.9 Å². The second-order valence-electron chi connectivity index (χ2n) is 4.81. The van der Waals surface area contributed by atoms with Gasteiger partial charge in [-0.2, -0.15) is 0 Å². The van der Waals surface area contributed by atoms with Crippen LogP contribution in [0.2, 0.25) is 0 Å². The second-order valence-corrected chi connectivity index (χ2v) is 4.81. The van der Waals surface area contributed by atoms with E-state index in [2.05, 4.69) is 11.9 Å². The molecule has 0 aliphatic rings. The fraction of sp³-hybridized carbons (Fsp3) is 0.688. The minimum Gasteiger partial charge on any atom is -0.481 e. The van der Waals surface area contributed by atoms with Gasteiger partial charge in [-0.3, -0.25) is 9.59 Å². The molecule has 0 aliphatic carbocycles. The van der Waals surface area contributed by atoms with Gasteiger partial charge in [-0.05, 0) is 6.42 Å². The summed E-state index contributed by atoms with van der Waals surface area (Å²) in [6.07, 6.45) is 1.56. The fourth-order valence-corrected chi connectivity index (χ4v) is 1.51. The molecule has 9 nitrogen and oxygen atoms in total. The van der Waals surface area contributed by atoms with E-state index in [1.54, 1.807) is 0 Å². The summed E-state index contributed by atoms with van der Waals surface area (Å²) < 4.78 is 20.5. The number of carbonyl (C=O) groups is 3. The minimum atomic E-state index is -0.986. The van der Waals surface area contributed by atoms with Crippen molar-refractivity contribution in [2.45, 2.75) is 19.3 Å². The quantitative estimate of drug-likeness (QED) is 0.213. The predicted molar refractivity (Wildman–Crippen MR) is 88.1 cm³/mol. The molecule has 25 heavy (non-hydrogen) atoms. The zero-order chi connectivity index (χ0) is 18.8. The van der Waals surface area contributed by atoms with Gasteiger partial charge in [0, 0.05) is 25.6 Å². The van der Waals surface area contributed by atoms with Gasteiger partial charge in [0.15, 0.2) is 0 Å². The van der Waals surface area contributed by atoms with Crippen LogP contribution in [0.3, 0.4) is 0 Å². The molecule has 2 N–H and O–H groups in total. The Morgan fingerprint density at radius 2 is 1.44 bits per heavy atom. The van der Waals surface area contributed by atoms with E-state index >= 15 is 0 Å². The van der Waals surface area contributed by atoms with Crippen LogP contribution in [-0.2, 0) is 33.3 Å². The normalized spacial score (nSPS) is 10.2. The Hall–Kier alpha value is -1.97. The molecular weight excluding hydrogens is 334 g/mol. The third-order valence-electron chi connectivity index (χ3n) is 2.74. The van der Waals surface area contributed by atoms with Crippen molar-refractivity contribution in [3.8, 4) is 0 Å². The zero-order valence-corrected chi connectivity index (χ0v) is 14.4. The lowest BCUT2D eigenvalue weighted by molar-refractivity contribution is -0.139. The maximum Gasteiger partial charge on any atom is 0.330 e. The van der Waals surface area contributed by atoms with Crippen LogP contribution in [0.15, 0.2) is 12.7 Å². The van der Waals surface area contributed by atoms with Crippen LogP contribution >= 0.6 is 0 Å². The van der Waals surface area contributed by atoms with Crippen molar-refractivity contribution in [2.24, 2.45) is 0 Å². The van der Waals surface area contributed by atoms with E-state index in [1.165, 1.54) is 0 Å². The van der Waals surface area contributed by atoms with Gasteiger partial charge in [-0.25, -0.2) is 4.79 Å². The Labute approximate surface area is 147 Å². The number of ether oxygens (including phenoxy) is 4. The number of hydrogen-bond donors (Lipinski definition) is 2. The Bertz CT molecular complexity index is 400. The highest BCUT2D eigenvalue weighted by Crippen LogP contribution is 1.89. The number of carbonyl (C=O) groups excluding carboxylic acids is 2. The largest absolute Gasteiger partial charge is 0.481 e. The van der Waals surface area contributed by atoms with E-state index in [-0.39, 0.29) is 25.4 Å². The van der Waals surface area contributed by atoms with E-state index in [0.717, 1.165) is 6.08 Å². The smallest absolute Gasteiger partial charge is 0.330 e. The van der Waals surface area contributed by atoms with Gasteiger partial charge in [0.2, 0.25) is 5.91 Å². The number of nitrogens with one attached hydrogen (secondary N) is 1. The van der Waals surface area contributed by atoms with Crippen molar-refractivity contribution in [2.75, 3.05) is 52.8 Å². The van der Waals surface area contributed by atoms with Crippen molar-refractivity contribution < 1.29 is 38.4 Å². The van der Waals surface area contributed by atoms with Gasteiger partial charge in [0.25, 0.3) is 0 Å². The van der Waals surface area contributed by atoms with Crippen molar-refractivity contribution in [1.82, 2.24) is 5.32 Å². The van der Waals surface area contributed by atoms with E-state index in [1.807, 2.05) is 0 Å². The first-order valence-corrected chi connectivity index (χ1v) is 8.07. The van der Waals surface area contributed by atoms with Gasteiger partial charge in [-0.15, -0.1) is 0 Å². The molecule has 144 valence electrons. The average Bonchev–Trinajstić information content (AvgIpc) is 2.59. The number of rotatable bonds is 17. The first-order valence-electron chi connectivity index (χ1n) is 8.07. The van der Waals surface area contributed by atoms with Crippen LogP contribution in [-0.4, -0.2) is 75.7 Å². The molecule has 0 fully saturated rings. The molecule has 0 aromatic heterocycles. The summed E-state index contributed by atoms with van der Waals surface area (Å²) in [6.45, 7) is 6.37. The molecule has 0 aromatic carbocycles. The number of aliphatic carboxylic acids is 1. The lowest BCUT2D eigenvalue weighted by atomic mass is 10.3.